The van der Waals surface area contributed by atoms with E-state index in [1.807, 2.05) is 0 Å². The van der Waals surface area contributed by atoms with Gasteiger partial charge in [0.05, 0.1) is 0 Å². The van der Waals surface area contributed by atoms with Crippen molar-refractivity contribution in [3.63, 3.8) is 0 Å². The minimum Gasteiger partial charge on any atom is -0.198 e. The van der Waals surface area contributed by atoms with Crippen LogP contribution in [0.2, 0.25) is 0 Å². The molecule has 0 radical (unpaired) electrons. The topological polar surface area (TPSA) is 3.88 Å². The Labute approximate surface area is 81.4 Å². The van der Waals surface area contributed by atoms with Gasteiger partial charge >= 0.3 is 0 Å². The maximum Gasteiger partial charge on any atom is 0.181 e. The fourth-order valence-electron chi connectivity index (χ4n) is 1.94. The molecule has 1 aromatic rings. The first-order valence-corrected chi connectivity index (χ1v) is 4.94. The lowest BCUT2D eigenvalue weighted by molar-refractivity contribution is -0.727. The summed E-state index contributed by atoms with van der Waals surface area (Å²) >= 11 is 0. The Hall–Kier alpha value is -0.850. The molecule has 13 heavy (non-hydrogen) atoms. The Bertz CT molecular complexity index is 298. The summed E-state index contributed by atoms with van der Waals surface area (Å²) in [5.41, 5.74) is 5.55. The average molecular weight is 178 g/mol. The third kappa shape index (κ3) is 1.74. The van der Waals surface area contributed by atoms with Gasteiger partial charge in [0.2, 0.25) is 0 Å². The molecule has 0 amide bonds. The summed E-state index contributed by atoms with van der Waals surface area (Å²) in [6.07, 6.45) is 0. The molecule has 1 heteroatoms. The van der Waals surface area contributed by atoms with Crippen LogP contribution in [0, 0.1) is 27.7 Å². The molecule has 0 saturated heterocycles. The van der Waals surface area contributed by atoms with Crippen LogP contribution in [-0.2, 0) is 0 Å². The quantitative estimate of drug-likeness (QED) is 0.582. The summed E-state index contributed by atoms with van der Waals surface area (Å²) < 4.78 is 2.41. The van der Waals surface area contributed by atoms with Gasteiger partial charge in [-0.3, -0.25) is 0 Å². The van der Waals surface area contributed by atoms with E-state index in [0.717, 1.165) is 0 Å². The smallest absolute Gasteiger partial charge is 0.181 e. The molecule has 1 nitrogen and oxygen atoms in total. The van der Waals surface area contributed by atoms with Crippen molar-refractivity contribution in [3.05, 3.63) is 28.6 Å². The first-order valence-electron chi connectivity index (χ1n) is 4.94. The summed E-state index contributed by atoms with van der Waals surface area (Å²) in [6, 6.07) is 2.82. The highest BCUT2D eigenvalue weighted by molar-refractivity contribution is 5.22. The second kappa shape index (κ2) is 3.49. The van der Waals surface area contributed by atoms with Crippen molar-refractivity contribution in [1.29, 1.82) is 0 Å². The van der Waals surface area contributed by atoms with Crippen molar-refractivity contribution in [2.24, 2.45) is 0 Å². The third-order valence-corrected chi connectivity index (χ3v) is 2.81. The predicted molar refractivity (Wildman–Crippen MR) is 56.0 cm³/mol. The van der Waals surface area contributed by atoms with Gasteiger partial charge in [-0.25, -0.2) is 0 Å². The molecule has 0 aliphatic heterocycles. The molecular formula is C12H20N+. The van der Waals surface area contributed by atoms with E-state index in [1.165, 1.54) is 22.5 Å². The number of pyridine rings is 1. The largest absolute Gasteiger partial charge is 0.198 e. The molecule has 0 spiro atoms. The lowest BCUT2D eigenvalue weighted by Gasteiger charge is -2.11. The number of hydrogen-bond acceptors (Lipinski definition) is 0. The van der Waals surface area contributed by atoms with Gasteiger partial charge in [-0.15, -0.1) is 0 Å². The Morgan fingerprint density at radius 3 is 1.62 bits per heavy atom. The van der Waals surface area contributed by atoms with Crippen LogP contribution in [0.3, 0.4) is 0 Å². The minimum atomic E-state index is 0.554. The van der Waals surface area contributed by atoms with Crippen LogP contribution in [0.1, 0.15) is 42.4 Å². The van der Waals surface area contributed by atoms with Crippen LogP contribution in [-0.4, -0.2) is 0 Å². The number of rotatable bonds is 1. The predicted octanol–water partition coefficient (Wildman–Crippen LogP) is 2.79. The standard InChI is InChI=1S/C12H20N/c1-8(2)13-11(5)9(3)7-10(4)12(13)6/h7-8H,1-6H3/q+1. The highest BCUT2D eigenvalue weighted by atomic mass is 15.0. The van der Waals surface area contributed by atoms with Gasteiger partial charge in [-0.05, 0) is 33.8 Å². The van der Waals surface area contributed by atoms with Crippen molar-refractivity contribution in [2.45, 2.75) is 47.6 Å². The number of nitrogens with zero attached hydrogens (tertiary/aromatic N) is 1. The first kappa shape index (κ1) is 10.2. The molecule has 0 aliphatic rings. The molecule has 0 aliphatic carbocycles. The molecule has 72 valence electrons. The van der Waals surface area contributed by atoms with Gasteiger partial charge in [0.25, 0.3) is 0 Å². The van der Waals surface area contributed by atoms with Crippen molar-refractivity contribution in [2.75, 3.05) is 0 Å². The van der Waals surface area contributed by atoms with E-state index < -0.39 is 0 Å². The SMILES string of the molecule is Cc1cc(C)c(C)[n+](C(C)C)c1C. The average Bonchev–Trinajstić information content (AvgIpc) is 2.01. The molecule has 0 unspecified atom stereocenters. The minimum absolute atomic E-state index is 0.554. The monoisotopic (exact) mass is 178 g/mol. The zero-order chi connectivity index (χ0) is 10.2. The molecule has 0 atom stereocenters. The van der Waals surface area contributed by atoms with Gasteiger partial charge in [-0.2, -0.15) is 4.57 Å². The van der Waals surface area contributed by atoms with Crippen LogP contribution < -0.4 is 4.57 Å². The highest BCUT2D eigenvalue weighted by Gasteiger charge is 2.18. The zero-order valence-electron chi connectivity index (χ0n) is 9.60. The molecule has 1 heterocycles. The van der Waals surface area contributed by atoms with E-state index >= 15 is 0 Å². The Morgan fingerprint density at radius 1 is 0.923 bits per heavy atom. The Morgan fingerprint density at radius 2 is 1.31 bits per heavy atom. The fraction of sp³-hybridized carbons (Fsp3) is 0.583. The summed E-state index contributed by atoms with van der Waals surface area (Å²) in [5, 5.41) is 0. The van der Waals surface area contributed by atoms with Crippen LogP contribution in [0.5, 0.6) is 0 Å². The van der Waals surface area contributed by atoms with Gasteiger partial charge in [0, 0.05) is 25.0 Å². The molecule has 1 aromatic heterocycles. The van der Waals surface area contributed by atoms with E-state index in [0.29, 0.717) is 6.04 Å². The maximum absolute atomic E-state index is 2.41. The summed E-state index contributed by atoms with van der Waals surface area (Å²) in [6.45, 7) is 13.2. The first-order chi connectivity index (χ1) is 5.95. The van der Waals surface area contributed by atoms with Gasteiger partial charge in [-0.1, -0.05) is 0 Å². The molecule has 0 fully saturated rings. The van der Waals surface area contributed by atoms with Crippen LogP contribution in [0.25, 0.3) is 0 Å². The number of aryl methyl sites for hydroxylation is 2. The second-order valence-corrected chi connectivity index (χ2v) is 4.14. The van der Waals surface area contributed by atoms with Gasteiger partial charge < -0.3 is 0 Å². The number of aromatic nitrogens is 1. The van der Waals surface area contributed by atoms with Crippen molar-refractivity contribution >= 4 is 0 Å². The highest BCUT2D eigenvalue weighted by Crippen LogP contribution is 2.11. The van der Waals surface area contributed by atoms with E-state index in [1.54, 1.807) is 0 Å². The molecule has 0 N–H and O–H groups in total. The van der Waals surface area contributed by atoms with E-state index in [9.17, 15) is 0 Å². The third-order valence-electron chi connectivity index (χ3n) is 2.81. The maximum atomic E-state index is 2.41. The molecule has 0 saturated carbocycles. The zero-order valence-corrected chi connectivity index (χ0v) is 9.60. The number of hydrogen-bond donors (Lipinski definition) is 0. The molecule has 1 rings (SSSR count). The van der Waals surface area contributed by atoms with E-state index in [2.05, 4.69) is 52.2 Å². The van der Waals surface area contributed by atoms with Crippen molar-refractivity contribution in [1.82, 2.24) is 0 Å². The lowest BCUT2D eigenvalue weighted by Crippen LogP contribution is -2.43. The summed E-state index contributed by atoms with van der Waals surface area (Å²) in [4.78, 5) is 0. The Kier molecular flexibility index (Phi) is 2.74. The van der Waals surface area contributed by atoms with E-state index in [-0.39, 0.29) is 0 Å². The molecular weight excluding hydrogens is 158 g/mol. The van der Waals surface area contributed by atoms with E-state index in [4.69, 9.17) is 0 Å². The summed E-state index contributed by atoms with van der Waals surface area (Å²) in [5.74, 6) is 0. The van der Waals surface area contributed by atoms with Crippen molar-refractivity contribution in [3.8, 4) is 0 Å². The summed E-state index contributed by atoms with van der Waals surface area (Å²) in [7, 11) is 0. The Balaban J connectivity index is 3.46. The van der Waals surface area contributed by atoms with Crippen LogP contribution in [0.4, 0.5) is 0 Å². The fourth-order valence-corrected chi connectivity index (χ4v) is 1.94. The van der Waals surface area contributed by atoms with Crippen molar-refractivity contribution < 1.29 is 4.57 Å². The normalized spacial score (nSPS) is 11.0. The molecule has 0 aromatic carbocycles. The van der Waals surface area contributed by atoms with Crippen LogP contribution >= 0.6 is 0 Å². The lowest BCUT2D eigenvalue weighted by atomic mass is 10.1. The van der Waals surface area contributed by atoms with Gasteiger partial charge in [0.1, 0.15) is 0 Å². The molecule has 0 bridgehead atoms. The van der Waals surface area contributed by atoms with Gasteiger partial charge in [0.15, 0.2) is 17.4 Å². The second-order valence-electron chi connectivity index (χ2n) is 4.14. The van der Waals surface area contributed by atoms with Crippen LogP contribution in [0.15, 0.2) is 6.07 Å².